The van der Waals surface area contributed by atoms with Gasteiger partial charge in [0, 0.05) is 18.7 Å². The molecule has 0 saturated heterocycles. The molecule has 0 heterocycles. The van der Waals surface area contributed by atoms with Gasteiger partial charge in [0.2, 0.25) is 10.0 Å². The molecular formula is C12H20ClFN2O3S. The van der Waals surface area contributed by atoms with Crippen molar-refractivity contribution in [2.24, 2.45) is 0 Å². The molecule has 0 aromatic heterocycles. The number of likely N-dealkylation sites (N-methyl/N-ethyl adjacent to an activating group) is 1. The highest BCUT2D eigenvalue weighted by atomic mass is 35.5. The number of halogens is 2. The van der Waals surface area contributed by atoms with Crippen LogP contribution in [0.3, 0.4) is 0 Å². The van der Waals surface area contributed by atoms with Crippen LogP contribution in [-0.2, 0) is 10.0 Å². The van der Waals surface area contributed by atoms with Gasteiger partial charge in [0.15, 0.2) is 11.6 Å². The molecule has 1 rings (SSSR count). The fourth-order valence-electron chi connectivity index (χ4n) is 1.62. The normalized spacial score (nSPS) is 11.0. The fourth-order valence-corrected chi connectivity index (χ4v) is 2.89. The summed E-state index contributed by atoms with van der Waals surface area (Å²) in [5, 5.41) is 3.00. The molecule has 0 amide bonds. The number of hydrogen-bond donors (Lipinski definition) is 2. The lowest BCUT2D eigenvalue weighted by molar-refractivity contribution is 0.384. The molecule has 0 unspecified atom stereocenters. The minimum Gasteiger partial charge on any atom is -0.494 e. The van der Waals surface area contributed by atoms with Crippen molar-refractivity contribution < 1.29 is 17.5 Å². The van der Waals surface area contributed by atoms with Crippen LogP contribution in [0.25, 0.3) is 0 Å². The summed E-state index contributed by atoms with van der Waals surface area (Å²) in [5.74, 6) is -0.624. The Labute approximate surface area is 125 Å². The zero-order chi connectivity index (χ0) is 14.5. The highest BCUT2D eigenvalue weighted by molar-refractivity contribution is 7.89. The van der Waals surface area contributed by atoms with Gasteiger partial charge in [-0.05, 0) is 25.6 Å². The van der Waals surface area contributed by atoms with E-state index in [0.29, 0.717) is 6.54 Å². The molecule has 0 spiro atoms. The highest BCUT2D eigenvalue weighted by Gasteiger charge is 2.20. The van der Waals surface area contributed by atoms with Crippen LogP contribution >= 0.6 is 12.4 Å². The third-order valence-electron chi connectivity index (χ3n) is 2.65. The predicted octanol–water partition coefficient (Wildman–Crippen LogP) is 1.45. The second kappa shape index (κ2) is 8.41. The minimum absolute atomic E-state index is 0. The number of hydrogen-bond acceptors (Lipinski definition) is 4. The summed E-state index contributed by atoms with van der Waals surface area (Å²) in [6.45, 7) is 4.88. The molecule has 20 heavy (non-hydrogen) atoms. The van der Waals surface area contributed by atoms with Crippen molar-refractivity contribution in [2.75, 3.05) is 26.7 Å². The number of sulfonamides is 1. The number of rotatable bonds is 7. The van der Waals surface area contributed by atoms with Crippen LogP contribution < -0.4 is 14.8 Å². The summed E-state index contributed by atoms with van der Waals surface area (Å²) in [5.41, 5.74) is 0.0512. The van der Waals surface area contributed by atoms with Crippen LogP contribution in [0.2, 0.25) is 0 Å². The van der Waals surface area contributed by atoms with Crippen LogP contribution in [0.1, 0.15) is 12.5 Å². The van der Waals surface area contributed by atoms with Crippen molar-refractivity contribution in [3.63, 3.8) is 0 Å². The van der Waals surface area contributed by atoms with E-state index >= 15 is 0 Å². The fraction of sp³-hybridized carbons (Fsp3) is 0.500. The Balaban J connectivity index is 0.00000361. The molecule has 116 valence electrons. The van der Waals surface area contributed by atoms with E-state index in [0.717, 1.165) is 6.54 Å². The minimum atomic E-state index is -3.70. The molecule has 0 atom stereocenters. The van der Waals surface area contributed by atoms with Crippen molar-refractivity contribution in [1.29, 1.82) is 0 Å². The van der Waals surface area contributed by atoms with Gasteiger partial charge in [-0.1, -0.05) is 6.92 Å². The standard InChI is InChI=1S/C12H19FN2O3S.ClH/c1-4-14-7-8-15-19(16,17)11-6-5-10(18-3)12(13)9(11)2;/h5-6,14-15H,4,7-8H2,1-3H3;1H. The molecule has 0 saturated carbocycles. The molecule has 1 aromatic carbocycles. The number of ether oxygens (including phenoxy) is 1. The van der Waals surface area contributed by atoms with E-state index in [1.807, 2.05) is 6.92 Å². The van der Waals surface area contributed by atoms with Crippen LogP contribution in [0, 0.1) is 12.7 Å². The Morgan fingerprint density at radius 2 is 1.95 bits per heavy atom. The quantitative estimate of drug-likeness (QED) is 0.744. The van der Waals surface area contributed by atoms with Crippen LogP contribution in [0.5, 0.6) is 5.75 Å². The van der Waals surface area contributed by atoms with Gasteiger partial charge >= 0.3 is 0 Å². The number of nitrogens with one attached hydrogen (secondary N) is 2. The maximum Gasteiger partial charge on any atom is 0.240 e. The van der Waals surface area contributed by atoms with E-state index < -0.39 is 15.8 Å². The molecule has 0 fully saturated rings. The van der Waals surface area contributed by atoms with Crippen molar-refractivity contribution in [3.8, 4) is 5.75 Å². The van der Waals surface area contributed by atoms with Crippen LogP contribution in [0.4, 0.5) is 4.39 Å². The molecule has 0 aliphatic carbocycles. The molecule has 0 aliphatic heterocycles. The first-order valence-electron chi connectivity index (χ1n) is 5.97. The Morgan fingerprint density at radius 3 is 2.50 bits per heavy atom. The lowest BCUT2D eigenvalue weighted by Gasteiger charge is -2.12. The third kappa shape index (κ3) is 4.59. The van der Waals surface area contributed by atoms with Gasteiger partial charge in [0.05, 0.1) is 12.0 Å². The van der Waals surface area contributed by atoms with Gasteiger partial charge in [-0.25, -0.2) is 17.5 Å². The molecule has 0 radical (unpaired) electrons. The number of benzene rings is 1. The van der Waals surface area contributed by atoms with Crippen LogP contribution in [-0.4, -0.2) is 35.2 Å². The molecule has 8 heteroatoms. The maximum atomic E-state index is 13.8. The lowest BCUT2D eigenvalue weighted by Crippen LogP contribution is -2.32. The average molecular weight is 327 g/mol. The smallest absolute Gasteiger partial charge is 0.240 e. The molecule has 1 aromatic rings. The van der Waals surface area contributed by atoms with Gasteiger partial charge in [0.1, 0.15) is 0 Å². The Morgan fingerprint density at radius 1 is 1.30 bits per heavy atom. The van der Waals surface area contributed by atoms with E-state index in [2.05, 4.69) is 10.0 Å². The molecule has 0 aliphatic rings. The van der Waals surface area contributed by atoms with Crippen molar-refractivity contribution >= 4 is 22.4 Å². The zero-order valence-electron chi connectivity index (χ0n) is 11.7. The van der Waals surface area contributed by atoms with Gasteiger partial charge in [-0.3, -0.25) is 0 Å². The summed E-state index contributed by atoms with van der Waals surface area (Å²) in [6.07, 6.45) is 0. The second-order valence-electron chi connectivity index (χ2n) is 3.96. The van der Waals surface area contributed by atoms with Gasteiger partial charge in [0.25, 0.3) is 0 Å². The van der Waals surface area contributed by atoms with Gasteiger partial charge in [-0.2, -0.15) is 0 Å². The first-order chi connectivity index (χ1) is 8.94. The summed E-state index contributed by atoms with van der Waals surface area (Å²) in [6, 6.07) is 2.65. The number of methoxy groups -OCH3 is 1. The van der Waals surface area contributed by atoms with Crippen molar-refractivity contribution in [1.82, 2.24) is 10.0 Å². The first-order valence-corrected chi connectivity index (χ1v) is 7.45. The zero-order valence-corrected chi connectivity index (χ0v) is 13.3. The molecule has 2 N–H and O–H groups in total. The van der Waals surface area contributed by atoms with E-state index in [1.165, 1.54) is 26.2 Å². The molecule has 0 bridgehead atoms. The third-order valence-corrected chi connectivity index (χ3v) is 4.26. The average Bonchev–Trinajstić information content (AvgIpc) is 2.37. The highest BCUT2D eigenvalue weighted by Crippen LogP contribution is 2.25. The van der Waals surface area contributed by atoms with Crippen LogP contribution in [0.15, 0.2) is 17.0 Å². The summed E-state index contributed by atoms with van der Waals surface area (Å²) in [4.78, 5) is -0.0673. The topological polar surface area (TPSA) is 67.4 Å². The monoisotopic (exact) mass is 326 g/mol. The second-order valence-corrected chi connectivity index (χ2v) is 5.69. The first kappa shape index (κ1) is 19.1. The van der Waals surface area contributed by atoms with Gasteiger partial charge in [-0.15, -0.1) is 12.4 Å². The van der Waals surface area contributed by atoms with Crippen molar-refractivity contribution in [2.45, 2.75) is 18.7 Å². The van der Waals surface area contributed by atoms with Gasteiger partial charge < -0.3 is 10.1 Å². The van der Waals surface area contributed by atoms with E-state index in [1.54, 1.807) is 0 Å². The van der Waals surface area contributed by atoms with E-state index in [-0.39, 0.29) is 35.2 Å². The summed E-state index contributed by atoms with van der Waals surface area (Å²) in [7, 11) is -2.37. The lowest BCUT2D eigenvalue weighted by atomic mass is 10.2. The SMILES string of the molecule is CCNCCNS(=O)(=O)c1ccc(OC)c(F)c1C.Cl. The van der Waals surface area contributed by atoms with E-state index in [9.17, 15) is 12.8 Å². The van der Waals surface area contributed by atoms with Crippen molar-refractivity contribution in [3.05, 3.63) is 23.5 Å². The largest absolute Gasteiger partial charge is 0.494 e. The predicted molar refractivity (Wildman–Crippen MR) is 78.7 cm³/mol. The Kier molecular flexibility index (Phi) is 8.03. The Bertz CT molecular complexity index is 538. The molecular weight excluding hydrogens is 307 g/mol. The maximum absolute atomic E-state index is 13.8. The van der Waals surface area contributed by atoms with E-state index in [4.69, 9.17) is 4.74 Å². The summed E-state index contributed by atoms with van der Waals surface area (Å²) < 4.78 is 45.1. The Hall–Kier alpha value is -0.890. The summed E-state index contributed by atoms with van der Waals surface area (Å²) >= 11 is 0. The molecule has 5 nitrogen and oxygen atoms in total.